The van der Waals surface area contributed by atoms with Gasteiger partial charge in [-0.25, -0.2) is 4.39 Å². The Balaban J connectivity index is 0.00000441. The molecule has 4 rings (SSSR count). The van der Waals surface area contributed by atoms with Crippen LogP contribution in [-0.2, 0) is 16.1 Å². The number of aliphatic imine (C=N–C) groups is 1. The maximum absolute atomic E-state index is 15.0. The van der Waals surface area contributed by atoms with Crippen LogP contribution >= 0.6 is 23.2 Å². The SMILES string of the molecule is CC(C)(C)C1CCC2(CC1)N=C(c1cc(Cl)cc(Cl)c1)C(=O)N2Cc1ccc(C(=O)NCCC(=O)[O-])c(F)c1.[Na+]. The number of hydrogen-bond donors (Lipinski definition) is 1. The van der Waals surface area contributed by atoms with Gasteiger partial charge in [-0.05, 0) is 72.9 Å². The summed E-state index contributed by atoms with van der Waals surface area (Å²) in [5.41, 5.74) is 0.453. The average molecular weight is 598 g/mol. The number of carboxylic acid groups (broad SMARTS) is 1. The van der Waals surface area contributed by atoms with Gasteiger partial charge in [-0.15, -0.1) is 0 Å². The monoisotopic (exact) mass is 597 g/mol. The molecule has 1 N–H and O–H groups in total. The Morgan fingerprint density at radius 3 is 2.30 bits per heavy atom. The molecule has 0 bridgehead atoms. The van der Waals surface area contributed by atoms with Crippen LogP contribution in [0, 0.1) is 17.2 Å². The van der Waals surface area contributed by atoms with Gasteiger partial charge in [0.2, 0.25) is 0 Å². The van der Waals surface area contributed by atoms with E-state index in [0.717, 1.165) is 12.8 Å². The molecule has 1 heterocycles. The van der Waals surface area contributed by atoms with E-state index in [1.165, 1.54) is 12.1 Å². The summed E-state index contributed by atoms with van der Waals surface area (Å²) in [6.07, 6.45) is 2.74. The Morgan fingerprint density at radius 2 is 1.75 bits per heavy atom. The topological polar surface area (TPSA) is 102 Å². The fourth-order valence-electron chi connectivity index (χ4n) is 5.46. The standard InChI is InChI=1S/C29H32Cl2FN3O4.Na/c1-28(2,3)19-6-9-29(10-7-19)34-25(18-13-20(30)15-21(31)14-18)27(39)35(29)16-17-4-5-22(23(32)12-17)26(38)33-11-8-24(36)37;/h4-5,12-15,19H,6-11,16H2,1-3H3,(H,33,38)(H,36,37);/q;+1/p-1. The minimum absolute atomic E-state index is 0. The van der Waals surface area contributed by atoms with E-state index in [4.69, 9.17) is 28.2 Å². The smallest absolute Gasteiger partial charge is 0.550 e. The zero-order valence-electron chi connectivity index (χ0n) is 23.2. The maximum Gasteiger partial charge on any atom is 1.00 e. The molecule has 1 spiro atoms. The number of halogens is 3. The third kappa shape index (κ3) is 7.26. The van der Waals surface area contributed by atoms with Crippen molar-refractivity contribution < 1.29 is 53.4 Å². The molecule has 2 aliphatic rings. The summed E-state index contributed by atoms with van der Waals surface area (Å²) in [7, 11) is 0. The van der Waals surface area contributed by atoms with E-state index in [1.807, 2.05) is 0 Å². The van der Waals surface area contributed by atoms with Gasteiger partial charge in [0.15, 0.2) is 0 Å². The van der Waals surface area contributed by atoms with Crippen molar-refractivity contribution >= 4 is 46.7 Å². The van der Waals surface area contributed by atoms with Crippen molar-refractivity contribution in [3.63, 3.8) is 0 Å². The van der Waals surface area contributed by atoms with Crippen LogP contribution in [0.15, 0.2) is 41.4 Å². The van der Waals surface area contributed by atoms with Gasteiger partial charge in [0.05, 0.1) is 5.56 Å². The van der Waals surface area contributed by atoms with Crippen LogP contribution in [0.2, 0.25) is 10.0 Å². The molecule has 0 saturated heterocycles. The average Bonchev–Trinajstić information content (AvgIpc) is 3.09. The Kier molecular flexibility index (Phi) is 10.5. The number of hydrogen-bond acceptors (Lipinski definition) is 5. The molecule has 0 aromatic heterocycles. The number of carbonyl (C=O) groups is 3. The van der Waals surface area contributed by atoms with Crippen LogP contribution in [0.25, 0.3) is 0 Å². The summed E-state index contributed by atoms with van der Waals surface area (Å²) >= 11 is 12.4. The van der Waals surface area contributed by atoms with Crippen molar-refractivity contribution in [1.82, 2.24) is 10.2 Å². The quantitative estimate of drug-likeness (QED) is 0.491. The molecule has 1 saturated carbocycles. The molecule has 0 unspecified atom stereocenters. The first-order chi connectivity index (χ1) is 18.3. The molecule has 1 fully saturated rings. The molecular formula is C29H31Cl2FN3NaO4. The molecule has 0 atom stereocenters. The number of carbonyl (C=O) groups excluding carboxylic acids is 3. The summed E-state index contributed by atoms with van der Waals surface area (Å²) in [6.45, 7) is 6.58. The van der Waals surface area contributed by atoms with Crippen LogP contribution < -0.4 is 40.0 Å². The Morgan fingerprint density at radius 1 is 1.12 bits per heavy atom. The second kappa shape index (κ2) is 12.9. The van der Waals surface area contributed by atoms with Crippen LogP contribution in [-0.4, -0.2) is 40.6 Å². The van der Waals surface area contributed by atoms with Gasteiger partial charge >= 0.3 is 29.6 Å². The van der Waals surface area contributed by atoms with Gasteiger partial charge in [-0.3, -0.25) is 14.6 Å². The number of rotatable bonds is 7. The fraction of sp³-hybridized carbons (Fsp3) is 0.448. The van der Waals surface area contributed by atoms with Crippen LogP contribution in [0.5, 0.6) is 0 Å². The van der Waals surface area contributed by atoms with Gasteiger partial charge in [-0.2, -0.15) is 0 Å². The molecule has 2 aromatic rings. The molecule has 1 aliphatic heterocycles. The van der Waals surface area contributed by atoms with Gasteiger partial charge < -0.3 is 20.1 Å². The van der Waals surface area contributed by atoms with Gasteiger partial charge in [0, 0.05) is 41.1 Å². The fourth-order valence-corrected chi connectivity index (χ4v) is 5.98. The number of amides is 2. The number of nitrogens with one attached hydrogen (secondary N) is 1. The van der Waals surface area contributed by atoms with Gasteiger partial charge in [0.25, 0.3) is 11.8 Å². The van der Waals surface area contributed by atoms with E-state index in [2.05, 4.69) is 26.1 Å². The van der Waals surface area contributed by atoms with E-state index in [9.17, 15) is 23.9 Å². The number of aliphatic carboxylic acids is 1. The molecular weight excluding hydrogens is 567 g/mol. The van der Waals surface area contributed by atoms with E-state index in [1.54, 1.807) is 29.2 Å². The largest absolute Gasteiger partial charge is 1.00 e. The zero-order valence-corrected chi connectivity index (χ0v) is 26.7. The first-order valence-electron chi connectivity index (χ1n) is 12.9. The van der Waals surface area contributed by atoms with Crippen LogP contribution in [0.1, 0.15) is 74.4 Å². The summed E-state index contributed by atoms with van der Waals surface area (Å²) in [5, 5.41) is 13.7. The zero-order chi connectivity index (χ0) is 28.5. The predicted octanol–water partition coefficient (Wildman–Crippen LogP) is 1.77. The van der Waals surface area contributed by atoms with Crippen molar-refractivity contribution in [3.05, 3.63) is 69.0 Å². The minimum atomic E-state index is -1.31. The van der Waals surface area contributed by atoms with Gasteiger partial charge in [0.1, 0.15) is 17.2 Å². The molecule has 11 heteroatoms. The third-order valence-electron chi connectivity index (χ3n) is 7.65. The Bertz CT molecular complexity index is 1320. The molecule has 1 aliphatic carbocycles. The third-order valence-corrected chi connectivity index (χ3v) is 8.09. The summed E-state index contributed by atoms with van der Waals surface area (Å²) in [5.74, 6) is -2.61. The second-order valence-corrected chi connectivity index (χ2v) is 12.2. The predicted molar refractivity (Wildman–Crippen MR) is 146 cm³/mol. The summed E-state index contributed by atoms with van der Waals surface area (Å²) < 4.78 is 15.0. The summed E-state index contributed by atoms with van der Waals surface area (Å²) in [4.78, 5) is 43.4. The first-order valence-corrected chi connectivity index (χ1v) is 13.7. The molecule has 2 amide bonds. The number of carboxylic acids is 1. The van der Waals surface area contributed by atoms with Crippen molar-refractivity contribution in [2.24, 2.45) is 16.3 Å². The Hall–Kier alpha value is -1.97. The Labute approximate surface area is 265 Å². The minimum Gasteiger partial charge on any atom is -0.550 e. The number of nitrogens with zero attached hydrogens (tertiary/aromatic N) is 2. The van der Waals surface area contributed by atoms with Crippen molar-refractivity contribution in [1.29, 1.82) is 0 Å². The first kappa shape index (κ1) is 32.5. The molecule has 0 radical (unpaired) electrons. The van der Waals surface area contributed by atoms with E-state index >= 15 is 0 Å². The van der Waals surface area contributed by atoms with Crippen molar-refractivity contribution in [2.45, 2.75) is 65.1 Å². The van der Waals surface area contributed by atoms with Crippen LogP contribution in [0.3, 0.4) is 0 Å². The van der Waals surface area contributed by atoms with E-state index in [-0.39, 0.29) is 71.7 Å². The van der Waals surface area contributed by atoms with Gasteiger partial charge in [-0.1, -0.05) is 50.0 Å². The van der Waals surface area contributed by atoms with Crippen molar-refractivity contribution in [2.75, 3.05) is 6.54 Å². The molecule has 40 heavy (non-hydrogen) atoms. The van der Waals surface area contributed by atoms with Crippen molar-refractivity contribution in [3.8, 4) is 0 Å². The second-order valence-electron chi connectivity index (χ2n) is 11.3. The van der Waals surface area contributed by atoms with E-state index < -0.39 is 23.4 Å². The molecule has 7 nitrogen and oxygen atoms in total. The maximum atomic E-state index is 15.0. The summed E-state index contributed by atoms with van der Waals surface area (Å²) in [6, 6.07) is 9.07. The normalized spacial score (nSPS) is 20.8. The van der Waals surface area contributed by atoms with Crippen LogP contribution in [0.4, 0.5) is 4.39 Å². The number of benzene rings is 2. The molecule has 2 aromatic carbocycles. The van der Waals surface area contributed by atoms with E-state index in [0.29, 0.717) is 39.9 Å². The molecule has 208 valence electrons.